The summed E-state index contributed by atoms with van der Waals surface area (Å²) in [4.78, 5) is 25.4. The van der Waals surface area contributed by atoms with Crippen LogP contribution in [-0.4, -0.2) is 36.5 Å². The summed E-state index contributed by atoms with van der Waals surface area (Å²) in [6, 6.07) is 0. The maximum atomic E-state index is 11.8. The minimum absolute atomic E-state index is 0.118. The lowest BCUT2D eigenvalue weighted by molar-refractivity contribution is -0.148. The number of carbonyl (C=O) groups excluding carboxylic acids is 2. The van der Waals surface area contributed by atoms with Crippen LogP contribution in [0.25, 0.3) is 0 Å². The molecule has 1 heterocycles. The van der Waals surface area contributed by atoms with E-state index >= 15 is 0 Å². The van der Waals surface area contributed by atoms with Crippen LogP contribution in [0.2, 0.25) is 0 Å². The number of ether oxygens (including phenoxy) is 1. The lowest BCUT2D eigenvalue weighted by atomic mass is 10.1. The fraction of sp³-hybridized carbons (Fsp3) is 0.857. The Hall–Kier alpha value is -1.06. The monoisotopic (exact) mass is 253 g/mol. The van der Waals surface area contributed by atoms with Crippen molar-refractivity contribution in [1.82, 2.24) is 4.90 Å². The van der Waals surface area contributed by atoms with Crippen LogP contribution in [0.3, 0.4) is 0 Å². The summed E-state index contributed by atoms with van der Waals surface area (Å²) in [6.45, 7) is 6.09. The molecule has 102 valence electrons. The number of likely N-dealkylation sites (tertiary alicyclic amines) is 1. The van der Waals surface area contributed by atoms with Crippen molar-refractivity contribution in [3.05, 3.63) is 0 Å². The first-order chi connectivity index (χ1) is 8.56. The summed E-state index contributed by atoms with van der Waals surface area (Å²) in [7, 11) is 0. The molecule has 0 spiro atoms. The van der Waals surface area contributed by atoms with Gasteiger partial charge < -0.3 is 9.64 Å². The van der Waals surface area contributed by atoms with Crippen LogP contribution in [0.4, 0.5) is 0 Å². The molecule has 0 radical (unpaired) electrons. The predicted molar refractivity (Wildman–Crippen MR) is 67.8 cm³/mol. The highest BCUT2D eigenvalue weighted by Crippen LogP contribution is 2.32. The van der Waals surface area contributed by atoms with Crippen molar-refractivity contribution in [3.63, 3.8) is 0 Å². The van der Waals surface area contributed by atoms with E-state index in [1.54, 1.807) is 0 Å². The third-order valence-corrected chi connectivity index (χ3v) is 3.66. The van der Waals surface area contributed by atoms with Crippen molar-refractivity contribution in [2.75, 3.05) is 19.7 Å². The van der Waals surface area contributed by atoms with Crippen LogP contribution in [0.15, 0.2) is 0 Å². The van der Waals surface area contributed by atoms with Crippen LogP contribution in [0.5, 0.6) is 0 Å². The van der Waals surface area contributed by atoms with Gasteiger partial charge in [0.15, 0.2) is 0 Å². The summed E-state index contributed by atoms with van der Waals surface area (Å²) in [5.74, 6) is 0.914. The molecule has 1 unspecified atom stereocenters. The van der Waals surface area contributed by atoms with Gasteiger partial charge >= 0.3 is 5.97 Å². The van der Waals surface area contributed by atoms with Gasteiger partial charge in [0.05, 0.1) is 12.5 Å². The molecule has 2 fully saturated rings. The van der Waals surface area contributed by atoms with E-state index in [1.165, 1.54) is 12.8 Å². The highest BCUT2D eigenvalue weighted by Gasteiger charge is 2.37. The minimum Gasteiger partial charge on any atom is -0.465 e. The molecule has 1 saturated heterocycles. The summed E-state index contributed by atoms with van der Waals surface area (Å²) in [5.41, 5.74) is 0. The van der Waals surface area contributed by atoms with Gasteiger partial charge in [-0.1, -0.05) is 13.8 Å². The Morgan fingerprint density at radius 3 is 2.78 bits per heavy atom. The van der Waals surface area contributed by atoms with Gasteiger partial charge in [0.1, 0.15) is 0 Å². The third kappa shape index (κ3) is 3.72. The second-order valence-corrected chi connectivity index (χ2v) is 5.99. The molecule has 0 bridgehead atoms. The highest BCUT2D eigenvalue weighted by atomic mass is 16.5. The van der Waals surface area contributed by atoms with Crippen molar-refractivity contribution < 1.29 is 14.3 Å². The number of nitrogens with zero attached hydrogens (tertiary/aromatic N) is 1. The molecule has 2 aliphatic rings. The number of rotatable bonds is 6. The highest BCUT2D eigenvalue weighted by molar-refractivity contribution is 5.86. The van der Waals surface area contributed by atoms with Gasteiger partial charge in [-0.25, -0.2) is 0 Å². The average Bonchev–Trinajstić information content (AvgIpc) is 3.02. The second kappa shape index (κ2) is 5.72. The Morgan fingerprint density at radius 1 is 1.44 bits per heavy atom. The number of esters is 1. The van der Waals surface area contributed by atoms with E-state index in [4.69, 9.17) is 4.74 Å². The standard InChI is InChI=1S/C14H23NO3/c1-10(2)5-6-18-14(17)12-7-13(16)15(9-12)8-11-3-4-11/h10-12H,3-9H2,1-2H3. The lowest BCUT2D eigenvalue weighted by Crippen LogP contribution is -2.28. The molecule has 4 heteroatoms. The molecular weight excluding hydrogens is 230 g/mol. The molecule has 1 saturated carbocycles. The van der Waals surface area contributed by atoms with Crippen LogP contribution in [0.1, 0.15) is 39.5 Å². The van der Waals surface area contributed by atoms with Gasteiger partial charge in [-0.05, 0) is 31.1 Å². The van der Waals surface area contributed by atoms with Gasteiger partial charge in [0, 0.05) is 19.5 Å². The van der Waals surface area contributed by atoms with Gasteiger partial charge in [-0.2, -0.15) is 0 Å². The lowest BCUT2D eigenvalue weighted by Gasteiger charge is -2.15. The second-order valence-electron chi connectivity index (χ2n) is 5.99. The zero-order valence-electron chi connectivity index (χ0n) is 11.4. The fourth-order valence-corrected chi connectivity index (χ4v) is 2.23. The Morgan fingerprint density at radius 2 is 2.17 bits per heavy atom. The molecule has 2 rings (SSSR count). The molecule has 0 aromatic heterocycles. The van der Waals surface area contributed by atoms with E-state index < -0.39 is 0 Å². The van der Waals surface area contributed by atoms with Crippen molar-refractivity contribution in [2.45, 2.75) is 39.5 Å². The minimum atomic E-state index is -0.233. The van der Waals surface area contributed by atoms with Gasteiger partial charge in [-0.15, -0.1) is 0 Å². The average molecular weight is 253 g/mol. The topological polar surface area (TPSA) is 46.6 Å². The van der Waals surface area contributed by atoms with E-state index in [9.17, 15) is 9.59 Å². The molecular formula is C14H23NO3. The van der Waals surface area contributed by atoms with Crippen molar-refractivity contribution in [2.24, 2.45) is 17.8 Å². The third-order valence-electron chi connectivity index (χ3n) is 3.66. The molecule has 1 amide bonds. The zero-order valence-corrected chi connectivity index (χ0v) is 11.4. The Kier molecular flexibility index (Phi) is 4.25. The van der Waals surface area contributed by atoms with Gasteiger partial charge in [0.2, 0.25) is 5.91 Å². The van der Waals surface area contributed by atoms with Crippen LogP contribution >= 0.6 is 0 Å². The maximum Gasteiger partial charge on any atom is 0.311 e. The number of hydrogen-bond donors (Lipinski definition) is 0. The number of amides is 1. The molecule has 0 N–H and O–H groups in total. The van der Waals surface area contributed by atoms with Crippen molar-refractivity contribution in [1.29, 1.82) is 0 Å². The first-order valence-corrected chi connectivity index (χ1v) is 7.00. The molecule has 18 heavy (non-hydrogen) atoms. The van der Waals surface area contributed by atoms with E-state index in [-0.39, 0.29) is 17.8 Å². The number of hydrogen-bond acceptors (Lipinski definition) is 3. The summed E-state index contributed by atoms with van der Waals surface area (Å²) >= 11 is 0. The van der Waals surface area contributed by atoms with E-state index in [1.807, 2.05) is 4.90 Å². The van der Waals surface area contributed by atoms with E-state index in [0.717, 1.165) is 13.0 Å². The van der Waals surface area contributed by atoms with E-state index in [0.29, 0.717) is 31.4 Å². The summed E-state index contributed by atoms with van der Waals surface area (Å²) < 4.78 is 5.24. The molecule has 4 nitrogen and oxygen atoms in total. The van der Waals surface area contributed by atoms with Gasteiger partial charge in [-0.3, -0.25) is 9.59 Å². The molecule has 0 aromatic carbocycles. The van der Waals surface area contributed by atoms with Crippen molar-refractivity contribution in [3.8, 4) is 0 Å². The van der Waals surface area contributed by atoms with Crippen LogP contribution in [0, 0.1) is 17.8 Å². The smallest absolute Gasteiger partial charge is 0.311 e. The van der Waals surface area contributed by atoms with Crippen LogP contribution in [-0.2, 0) is 14.3 Å². The Labute approximate surface area is 109 Å². The first kappa shape index (κ1) is 13.4. The predicted octanol–water partition coefficient (Wildman–Crippen LogP) is 1.83. The summed E-state index contributed by atoms with van der Waals surface area (Å²) in [6.07, 6.45) is 3.69. The quantitative estimate of drug-likeness (QED) is 0.678. The Bertz CT molecular complexity index is 323. The summed E-state index contributed by atoms with van der Waals surface area (Å²) in [5, 5.41) is 0. The molecule has 1 atom stereocenters. The number of carbonyl (C=O) groups is 2. The maximum absolute atomic E-state index is 11.8. The zero-order chi connectivity index (χ0) is 13.1. The molecule has 1 aliphatic carbocycles. The van der Waals surface area contributed by atoms with E-state index in [2.05, 4.69) is 13.8 Å². The normalized spacial score (nSPS) is 23.8. The molecule has 0 aromatic rings. The first-order valence-electron chi connectivity index (χ1n) is 7.00. The van der Waals surface area contributed by atoms with Crippen molar-refractivity contribution >= 4 is 11.9 Å². The largest absolute Gasteiger partial charge is 0.465 e. The molecule has 1 aliphatic heterocycles. The van der Waals surface area contributed by atoms with Crippen LogP contribution < -0.4 is 0 Å². The van der Waals surface area contributed by atoms with Gasteiger partial charge in [0.25, 0.3) is 0 Å². The Balaban J connectivity index is 1.72. The fourth-order valence-electron chi connectivity index (χ4n) is 2.23. The SMILES string of the molecule is CC(C)CCOC(=O)C1CC(=O)N(CC2CC2)C1.